The van der Waals surface area contributed by atoms with Gasteiger partial charge in [0.2, 0.25) is 5.43 Å². The Kier molecular flexibility index (Phi) is 4.14. The highest BCUT2D eigenvalue weighted by Crippen LogP contribution is 2.11. The number of hydrogen-bond acceptors (Lipinski definition) is 2. The molecule has 0 radical (unpaired) electrons. The third kappa shape index (κ3) is 2.58. The van der Waals surface area contributed by atoms with Crippen molar-refractivity contribution in [3.63, 3.8) is 0 Å². The molecule has 0 aliphatic heterocycles. The number of rotatable bonds is 3. The molecule has 14 heavy (non-hydrogen) atoms. The molecule has 0 bridgehead atoms. The average molecular weight is 256 g/mol. The van der Waals surface area contributed by atoms with E-state index in [0.29, 0.717) is 0 Å². The highest BCUT2D eigenvalue weighted by atomic mass is 79.9. The lowest BCUT2D eigenvalue weighted by molar-refractivity contribution is 0.863. The van der Waals surface area contributed by atoms with Crippen LogP contribution in [0.2, 0.25) is 0 Å². The van der Waals surface area contributed by atoms with Gasteiger partial charge in [-0.1, -0.05) is 15.9 Å². The van der Waals surface area contributed by atoms with Crippen molar-refractivity contribution >= 4 is 21.6 Å². The molecule has 0 aliphatic rings. The van der Waals surface area contributed by atoms with Gasteiger partial charge >= 0.3 is 0 Å². The Bertz CT molecular complexity index is 361. The van der Waals surface area contributed by atoms with E-state index < -0.39 is 0 Å². The van der Waals surface area contributed by atoms with E-state index in [9.17, 15) is 4.79 Å². The molecule has 1 rings (SSSR count). The minimum atomic E-state index is 0.0689. The van der Waals surface area contributed by atoms with Gasteiger partial charge in [0.25, 0.3) is 0 Å². The summed E-state index contributed by atoms with van der Waals surface area (Å²) in [5.41, 5.74) is 0.833. The molecule has 1 aromatic carbocycles. The number of halogens is 1. The van der Waals surface area contributed by atoms with Crippen LogP contribution in [-0.2, 0) is 0 Å². The zero-order chi connectivity index (χ0) is 10.6. The van der Waals surface area contributed by atoms with E-state index in [1.807, 2.05) is 26.0 Å². The van der Waals surface area contributed by atoms with E-state index in [0.717, 1.165) is 23.2 Å². The molecular weight excluding hydrogens is 242 g/mol. The maximum Gasteiger partial charge on any atom is 0.201 e. The summed E-state index contributed by atoms with van der Waals surface area (Å²) in [6.45, 7) is 5.80. The first-order valence-electron chi connectivity index (χ1n) is 4.73. The van der Waals surface area contributed by atoms with Crippen molar-refractivity contribution in [3.05, 3.63) is 39.0 Å². The minimum absolute atomic E-state index is 0.0689. The number of anilines is 1. The summed E-state index contributed by atoms with van der Waals surface area (Å²) in [6, 6.07) is 7.13. The van der Waals surface area contributed by atoms with Crippen LogP contribution in [0.5, 0.6) is 0 Å². The van der Waals surface area contributed by atoms with Crippen molar-refractivity contribution in [2.24, 2.45) is 0 Å². The Labute approximate surface area is 92.7 Å². The zero-order valence-corrected chi connectivity index (χ0v) is 10.0. The molecular formula is C11H14BrNO. The summed E-state index contributed by atoms with van der Waals surface area (Å²) in [7, 11) is 0. The van der Waals surface area contributed by atoms with E-state index in [1.54, 1.807) is 12.1 Å². The van der Waals surface area contributed by atoms with Gasteiger partial charge in [0, 0.05) is 17.6 Å². The van der Waals surface area contributed by atoms with Crippen LogP contribution in [0.15, 0.2) is 33.5 Å². The van der Waals surface area contributed by atoms with Crippen molar-refractivity contribution < 1.29 is 0 Å². The first kappa shape index (κ1) is 11.2. The van der Waals surface area contributed by atoms with Crippen LogP contribution >= 0.6 is 15.9 Å². The molecule has 0 aromatic heterocycles. The first-order chi connectivity index (χ1) is 6.69. The Hall–Kier alpha value is -0.830. The molecule has 3 heteroatoms. The van der Waals surface area contributed by atoms with Crippen LogP contribution in [0.1, 0.15) is 13.8 Å². The third-order valence-electron chi connectivity index (χ3n) is 2.15. The van der Waals surface area contributed by atoms with Crippen molar-refractivity contribution in [2.75, 3.05) is 18.0 Å². The van der Waals surface area contributed by atoms with E-state index in [2.05, 4.69) is 20.8 Å². The highest BCUT2D eigenvalue weighted by Gasteiger charge is 2.03. The van der Waals surface area contributed by atoms with Gasteiger partial charge in [-0.3, -0.25) is 4.79 Å². The molecule has 0 heterocycles. The molecule has 0 saturated carbocycles. The van der Waals surface area contributed by atoms with E-state index >= 15 is 0 Å². The minimum Gasteiger partial charge on any atom is -0.369 e. The fourth-order valence-corrected chi connectivity index (χ4v) is 1.63. The Morgan fingerprint density at radius 3 is 2.29 bits per heavy atom. The topological polar surface area (TPSA) is 20.3 Å². The number of nitrogens with zero attached hydrogens (tertiary/aromatic N) is 1. The van der Waals surface area contributed by atoms with Crippen LogP contribution in [-0.4, -0.2) is 13.1 Å². The van der Waals surface area contributed by atoms with Gasteiger partial charge in [0.15, 0.2) is 0 Å². The van der Waals surface area contributed by atoms with Crippen molar-refractivity contribution in [1.82, 2.24) is 0 Å². The summed E-state index contributed by atoms with van der Waals surface area (Å²) >= 11 is 3.35. The van der Waals surface area contributed by atoms with Gasteiger partial charge in [-0.05, 0) is 38.1 Å². The molecule has 0 aliphatic carbocycles. The maximum atomic E-state index is 11.7. The van der Waals surface area contributed by atoms with E-state index in [4.69, 9.17) is 0 Å². The van der Waals surface area contributed by atoms with Crippen molar-refractivity contribution in [2.45, 2.75) is 13.8 Å². The monoisotopic (exact) mass is 255 g/mol. The molecule has 0 unspecified atom stereocenters. The van der Waals surface area contributed by atoms with Crippen LogP contribution in [0.4, 0.5) is 5.69 Å². The second-order valence-corrected chi connectivity index (χ2v) is 3.89. The van der Waals surface area contributed by atoms with Crippen LogP contribution < -0.4 is 10.3 Å². The SMILES string of the molecule is CCN(CC)c1ccc(Br)ccc1=O. The van der Waals surface area contributed by atoms with Gasteiger partial charge < -0.3 is 4.90 Å². The van der Waals surface area contributed by atoms with E-state index in [1.165, 1.54) is 0 Å². The fourth-order valence-electron chi connectivity index (χ4n) is 1.36. The molecule has 76 valence electrons. The molecule has 0 saturated heterocycles. The Balaban J connectivity index is 3.22. The zero-order valence-electron chi connectivity index (χ0n) is 8.46. The van der Waals surface area contributed by atoms with Gasteiger partial charge in [-0.15, -0.1) is 0 Å². The maximum absolute atomic E-state index is 11.7. The lowest BCUT2D eigenvalue weighted by Crippen LogP contribution is -2.26. The summed E-state index contributed by atoms with van der Waals surface area (Å²) in [5.74, 6) is 0. The molecule has 1 aromatic rings. The van der Waals surface area contributed by atoms with Gasteiger partial charge in [0.1, 0.15) is 0 Å². The molecule has 0 amide bonds. The lowest BCUT2D eigenvalue weighted by Gasteiger charge is -2.18. The first-order valence-corrected chi connectivity index (χ1v) is 5.53. The third-order valence-corrected chi connectivity index (χ3v) is 2.68. The predicted octanol–water partition coefficient (Wildman–Crippen LogP) is 2.66. The molecule has 2 nitrogen and oxygen atoms in total. The summed E-state index contributed by atoms with van der Waals surface area (Å²) in [5, 5.41) is 0. The largest absolute Gasteiger partial charge is 0.369 e. The molecule has 0 N–H and O–H groups in total. The smallest absolute Gasteiger partial charge is 0.201 e. The normalized spacial score (nSPS) is 9.93. The summed E-state index contributed by atoms with van der Waals surface area (Å²) in [6.07, 6.45) is 0. The average Bonchev–Trinajstić information content (AvgIpc) is 2.34. The number of hydrogen-bond donors (Lipinski definition) is 0. The van der Waals surface area contributed by atoms with Gasteiger partial charge in [0.05, 0.1) is 5.69 Å². The van der Waals surface area contributed by atoms with Crippen LogP contribution in [0.25, 0.3) is 0 Å². The summed E-state index contributed by atoms with van der Waals surface area (Å²) < 4.78 is 0.924. The van der Waals surface area contributed by atoms with Crippen LogP contribution in [0, 0.1) is 0 Å². The second-order valence-electron chi connectivity index (χ2n) is 2.97. The van der Waals surface area contributed by atoms with Crippen molar-refractivity contribution in [1.29, 1.82) is 0 Å². The van der Waals surface area contributed by atoms with Gasteiger partial charge in [-0.2, -0.15) is 0 Å². The quantitative estimate of drug-likeness (QED) is 0.828. The highest BCUT2D eigenvalue weighted by molar-refractivity contribution is 9.10. The molecule has 0 atom stereocenters. The lowest BCUT2D eigenvalue weighted by atomic mass is 10.3. The van der Waals surface area contributed by atoms with Crippen molar-refractivity contribution in [3.8, 4) is 0 Å². The fraction of sp³-hybridized carbons (Fsp3) is 0.364. The second kappa shape index (κ2) is 5.15. The molecule has 0 fully saturated rings. The standard InChI is InChI=1S/C11H14BrNO/c1-3-13(4-2)10-7-5-9(12)6-8-11(10)14/h5-8H,3-4H2,1-2H3. The Morgan fingerprint density at radius 1 is 1.14 bits per heavy atom. The predicted molar refractivity (Wildman–Crippen MR) is 64.0 cm³/mol. The van der Waals surface area contributed by atoms with Crippen LogP contribution in [0.3, 0.4) is 0 Å². The Morgan fingerprint density at radius 2 is 1.71 bits per heavy atom. The molecule has 0 spiro atoms. The van der Waals surface area contributed by atoms with Gasteiger partial charge in [-0.25, -0.2) is 0 Å². The van der Waals surface area contributed by atoms with E-state index in [-0.39, 0.29) is 5.43 Å². The summed E-state index contributed by atoms with van der Waals surface area (Å²) in [4.78, 5) is 13.7.